The van der Waals surface area contributed by atoms with Crippen molar-refractivity contribution in [1.29, 1.82) is 5.26 Å². The van der Waals surface area contributed by atoms with Crippen molar-refractivity contribution in [1.82, 2.24) is 4.98 Å². The van der Waals surface area contributed by atoms with Crippen LogP contribution in [0.3, 0.4) is 0 Å². The van der Waals surface area contributed by atoms with Crippen molar-refractivity contribution in [3.8, 4) is 28.8 Å². The van der Waals surface area contributed by atoms with Crippen LogP contribution in [0.4, 0.5) is 0 Å². The molecule has 0 radical (unpaired) electrons. The maximum atomic E-state index is 9.58. The zero-order valence-corrected chi connectivity index (χ0v) is 15.8. The van der Waals surface area contributed by atoms with Crippen LogP contribution < -0.4 is 9.47 Å². The molecule has 4 nitrogen and oxygen atoms in total. The molecule has 0 unspecified atom stereocenters. The minimum Gasteiger partial charge on any atom is -0.497 e. The van der Waals surface area contributed by atoms with E-state index in [2.05, 4.69) is 11.1 Å². The van der Waals surface area contributed by atoms with Crippen molar-refractivity contribution in [2.45, 2.75) is 0 Å². The van der Waals surface area contributed by atoms with Crippen LogP contribution in [0.5, 0.6) is 11.5 Å². The van der Waals surface area contributed by atoms with Gasteiger partial charge in [0, 0.05) is 22.0 Å². The molecule has 0 saturated carbocycles. The fraction of sp³-hybridized carbons (Fsp3) is 0.100. The van der Waals surface area contributed by atoms with Crippen LogP contribution in [0, 0.1) is 11.3 Å². The third kappa shape index (κ3) is 4.05. The van der Waals surface area contributed by atoms with Crippen molar-refractivity contribution in [3.05, 3.63) is 63.4 Å². The minimum absolute atomic E-state index is 0.477. The molecule has 0 atom stereocenters. The number of allylic oxidation sites excluding steroid dienone is 1. The second-order valence-corrected chi connectivity index (χ2v) is 6.66. The minimum atomic E-state index is 0.477. The number of thiazole rings is 1. The largest absolute Gasteiger partial charge is 0.497 e. The first-order valence-corrected chi connectivity index (χ1v) is 8.95. The molecule has 0 amide bonds. The second-order valence-electron chi connectivity index (χ2n) is 5.36. The predicted octanol–water partition coefficient (Wildman–Crippen LogP) is 5.54. The molecule has 0 fully saturated rings. The Morgan fingerprint density at radius 1 is 1.12 bits per heavy atom. The lowest BCUT2D eigenvalue weighted by atomic mass is 10.1. The van der Waals surface area contributed by atoms with E-state index in [0.717, 1.165) is 16.8 Å². The SMILES string of the molecule is COc1cc(/C=C(\C#N)c2nc(-c3ccc(Cl)cc3)cs2)cc(OC)c1. The Bertz CT molecular complexity index is 966. The van der Waals surface area contributed by atoms with E-state index in [-0.39, 0.29) is 0 Å². The third-order valence-electron chi connectivity index (χ3n) is 3.68. The zero-order valence-electron chi connectivity index (χ0n) is 14.2. The Labute approximate surface area is 160 Å². The molecule has 0 aliphatic carbocycles. The van der Waals surface area contributed by atoms with E-state index in [0.29, 0.717) is 27.1 Å². The summed E-state index contributed by atoms with van der Waals surface area (Å²) in [6.07, 6.45) is 1.77. The normalized spacial score (nSPS) is 11.1. The number of benzene rings is 2. The summed E-state index contributed by atoms with van der Waals surface area (Å²) in [5, 5.41) is 12.8. The Kier molecular flexibility index (Phi) is 5.57. The summed E-state index contributed by atoms with van der Waals surface area (Å²) in [4.78, 5) is 4.58. The maximum absolute atomic E-state index is 9.58. The van der Waals surface area contributed by atoms with E-state index in [1.165, 1.54) is 11.3 Å². The first-order valence-electron chi connectivity index (χ1n) is 7.69. The maximum Gasteiger partial charge on any atom is 0.134 e. The molecular weight excluding hydrogens is 368 g/mol. The second kappa shape index (κ2) is 8.05. The number of nitrogens with zero attached hydrogens (tertiary/aromatic N) is 2. The number of hydrogen-bond acceptors (Lipinski definition) is 5. The molecule has 130 valence electrons. The van der Waals surface area contributed by atoms with Crippen LogP contribution in [0.1, 0.15) is 10.6 Å². The van der Waals surface area contributed by atoms with E-state index >= 15 is 0 Å². The quantitative estimate of drug-likeness (QED) is 0.543. The van der Waals surface area contributed by atoms with Gasteiger partial charge in [-0.15, -0.1) is 11.3 Å². The fourth-order valence-electron chi connectivity index (χ4n) is 2.37. The first-order chi connectivity index (χ1) is 12.6. The average Bonchev–Trinajstić information content (AvgIpc) is 3.16. The Morgan fingerprint density at radius 3 is 2.35 bits per heavy atom. The van der Waals surface area contributed by atoms with Crippen LogP contribution >= 0.6 is 22.9 Å². The molecular formula is C20H15ClN2O2S. The fourth-order valence-corrected chi connectivity index (χ4v) is 3.29. The van der Waals surface area contributed by atoms with Gasteiger partial charge in [-0.25, -0.2) is 4.98 Å². The molecule has 0 aliphatic heterocycles. The van der Waals surface area contributed by atoms with Crippen molar-refractivity contribution in [3.63, 3.8) is 0 Å². The van der Waals surface area contributed by atoms with Crippen LogP contribution in [0.15, 0.2) is 47.8 Å². The van der Waals surface area contributed by atoms with E-state index in [1.807, 2.05) is 41.8 Å². The highest BCUT2D eigenvalue weighted by atomic mass is 35.5. The summed E-state index contributed by atoms with van der Waals surface area (Å²) in [6, 6.07) is 15.1. The zero-order chi connectivity index (χ0) is 18.5. The highest BCUT2D eigenvalue weighted by molar-refractivity contribution is 7.11. The van der Waals surface area contributed by atoms with Crippen LogP contribution in [0.25, 0.3) is 22.9 Å². The summed E-state index contributed by atoms with van der Waals surface area (Å²) in [6.45, 7) is 0. The highest BCUT2D eigenvalue weighted by Gasteiger charge is 2.10. The van der Waals surface area contributed by atoms with E-state index in [1.54, 1.807) is 26.4 Å². The number of nitriles is 1. The topological polar surface area (TPSA) is 55.1 Å². The molecule has 0 saturated heterocycles. The number of hydrogen-bond donors (Lipinski definition) is 0. The third-order valence-corrected chi connectivity index (χ3v) is 4.81. The number of methoxy groups -OCH3 is 2. The smallest absolute Gasteiger partial charge is 0.134 e. The summed E-state index contributed by atoms with van der Waals surface area (Å²) in [5.74, 6) is 1.32. The van der Waals surface area contributed by atoms with Crippen molar-refractivity contribution < 1.29 is 9.47 Å². The molecule has 26 heavy (non-hydrogen) atoms. The van der Waals surface area contributed by atoms with Gasteiger partial charge < -0.3 is 9.47 Å². The lowest BCUT2D eigenvalue weighted by Crippen LogP contribution is -1.89. The van der Waals surface area contributed by atoms with Gasteiger partial charge in [-0.05, 0) is 35.9 Å². The Morgan fingerprint density at radius 2 is 1.77 bits per heavy atom. The van der Waals surface area contributed by atoms with Crippen molar-refractivity contribution in [2.75, 3.05) is 14.2 Å². The number of aromatic nitrogens is 1. The van der Waals surface area contributed by atoms with E-state index in [9.17, 15) is 5.26 Å². The lowest BCUT2D eigenvalue weighted by Gasteiger charge is -2.06. The van der Waals surface area contributed by atoms with Gasteiger partial charge >= 0.3 is 0 Å². The van der Waals surface area contributed by atoms with E-state index < -0.39 is 0 Å². The first kappa shape index (κ1) is 18.0. The monoisotopic (exact) mass is 382 g/mol. The average molecular weight is 383 g/mol. The van der Waals surface area contributed by atoms with Crippen molar-refractivity contribution in [2.24, 2.45) is 0 Å². The standard InChI is InChI=1S/C20H15ClN2O2S/c1-24-17-8-13(9-18(10-17)25-2)7-15(11-22)20-23-19(12-26-20)14-3-5-16(21)6-4-14/h3-10,12H,1-2H3/b15-7+. The summed E-state index contributed by atoms with van der Waals surface area (Å²) in [5.41, 5.74) is 3.05. The molecule has 6 heteroatoms. The molecule has 1 aromatic heterocycles. The predicted molar refractivity (Wildman–Crippen MR) is 106 cm³/mol. The van der Waals surface area contributed by atoms with Gasteiger partial charge in [0.15, 0.2) is 0 Å². The van der Waals surface area contributed by atoms with Gasteiger partial charge in [0.05, 0.1) is 25.5 Å². The Hall–Kier alpha value is -2.81. The van der Waals surface area contributed by atoms with E-state index in [4.69, 9.17) is 21.1 Å². The summed E-state index contributed by atoms with van der Waals surface area (Å²) >= 11 is 7.35. The van der Waals surface area contributed by atoms with Crippen LogP contribution in [-0.4, -0.2) is 19.2 Å². The Balaban J connectivity index is 1.96. The van der Waals surface area contributed by atoms with Crippen molar-refractivity contribution >= 4 is 34.6 Å². The molecule has 1 heterocycles. The van der Waals surface area contributed by atoms with Gasteiger partial charge in [0.25, 0.3) is 0 Å². The number of rotatable bonds is 5. The highest BCUT2D eigenvalue weighted by Crippen LogP contribution is 2.29. The molecule has 2 aromatic carbocycles. The van der Waals surface area contributed by atoms with Crippen LogP contribution in [0.2, 0.25) is 5.02 Å². The molecule has 0 aliphatic rings. The molecule has 0 spiro atoms. The number of ether oxygens (including phenoxy) is 2. The lowest BCUT2D eigenvalue weighted by molar-refractivity contribution is 0.394. The van der Waals surface area contributed by atoms with Gasteiger partial charge in [0.1, 0.15) is 22.6 Å². The molecule has 0 N–H and O–H groups in total. The van der Waals surface area contributed by atoms with Gasteiger partial charge in [-0.3, -0.25) is 0 Å². The van der Waals surface area contributed by atoms with Gasteiger partial charge in [0.2, 0.25) is 0 Å². The number of halogens is 1. The van der Waals surface area contributed by atoms with Gasteiger partial charge in [-0.1, -0.05) is 23.7 Å². The van der Waals surface area contributed by atoms with Gasteiger partial charge in [-0.2, -0.15) is 5.26 Å². The molecule has 0 bridgehead atoms. The molecule has 3 aromatic rings. The van der Waals surface area contributed by atoms with Crippen LogP contribution in [-0.2, 0) is 0 Å². The summed E-state index contributed by atoms with van der Waals surface area (Å²) < 4.78 is 10.5. The molecule has 3 rings (SSSR count). The summed E-state index contributed by atoms with van der Waals surface area (Å²) in [7, 11) is 3.18.